The van der Waals surface area contributed by atoms with Crippen LogP contribution >= 0.6 is 22.9 Å². The minimum Gasteiger partial charge on any atom is -0.406 e. The summed E-state index contributed by atoms with van der Waals surface area (Å²) in [6, 6.07) is 11.3. The van der Waals surface area contributed by atoms with Crippen molar-refractivity contribution in [2.75, 3.05) is 0 Å². The highest BCUT2D eigenvalue weighted by Crippen LogP contribution is 2.28. The minimum atomic E-state index is -4.75. The normalized spacial score (nSPS) is 11.9. The average molecular weight is 440 g/mol. The summed E-state index contributed by atoms with van der Waals surface area (Å²) in [6.07, 6.45) is -2.99. The van der Waals surface area contributed by atoms with Gasteiger partial charge in [0.15, 0.2) is 4.80 Å². The van der Waals surface area contributed by atoms with Crippen LogP contribution in [0.5, 0.6) is 5.75 Å². The van der Waals surface area contributed by atoms with E-state index >= 15 is 0 Å². The van der Waals surface area contributed by atoms with Gasteiger partial charge < -0.3 is 9.30 Å². The van der Waals surface area contributed by atoms with E-state index in [9.17, 15) is 13.2 Å². The number of hydrogen-bond donors (Lipinski definition) is 1. The maximum absolute atomic E-state index is 12.4. The van der Waals surface area contributed by atoms with Crippen molar-refractivity contribution < 1.29 is 17.9 Å². The topological polar surface area (TPSA) is 68.7 Å². The predicted octanol–water partition coefficient (Wildman–Crippen LogP) is 4.69. The molecule has 0 amide bonds. The van der Waals surface area contributed by atoms with Crippen LogP contribution in [0.4, 0.5) is 13.2 Å². The maximum atomic E-state index is 12.4. The lowest BCUT2D eigenvalue weighted by molar-refractivity contribution is -0.274. The van der Waals surface area contributed by atoms with Gasteiger partial charge in [-0.1, -0.05) is 46.4 Å². The number of ether oxygens (including phenoxy) is 1. The number of fused-ring (bicyclic) bond motifs is 1. The fourth-order valence-electron chi connectivity index (χ4n) is 2.89. The Labute approximate surface area is 171 Å². The second-order valence-electron chi connectivity index (χ2n) is 6.08. The van der Waals surface area contributed by atoms with Gasteiger partial charge in [0.25, 0.3) is 0 Å². The number of halogens is 4. The van der Waals surface area contributed by atoms with Gasteiger partial charge in [-0.3, -0.25) is 10.1 Å². The summed E-state index contributed by atoms with van der Waals surface area (Å²) in [5.74, 6) is -0.306. The fourth-order valence-corrected chi connectivity index (χ4v) is 4.09. The molecule has 0 saturated heterocycles. The summed E-state index contributed by atoms with van der Waals surface area (Å²) in [4.78, 5) is 0.218. The lowest BCUT2D eigenvalue weighted by atomic mass is 10.2. The quantitative estimate of drug-likeness (QED) is 0.490. The van der Waals surface area contributed by atoms with Crippen LogP contribution < -0.4 is 9.54 Å². The molecule has 0 aliphatic carbocycles. The van der Waals surface area contributed by atoms with Crippen molar-refractivity contribution >= 4 is 33.2 Å². The molecule has 0 spiro atoms. The molecule has 0 radical (unpaired) electrons. The average Bonchev–Trinajstić information content (AvgIpc) is 3.22. The van der Waals surface area contributed by atoms with E-state index in [1.54, 1.807) is 21.5 Å². The maximum Gasteiger partial charge on any atom is 0.573 e. The van der Waals surface area contributed by atoms with Gasteiger partial charge in [0.05, 0.1) is 28.0 Å². The molecular weight excluding hydrogens is 427 g/mol. The van der Waals surface area contributed by atoms with Crippen LogP contribution in [0.1, 0.15) is 0 Å². The summed E-state index contributed by atoms with van der Waals surface area (Å²) in [6.45, 7) is 0.838. The van der Waals surface area contributed by atoms with E-state index in [0.29, 0.717) is 34.0 Å². The van der Waals surface area contributed by atoms with E-state index in [1.807, 2.05) is 18.2 Å². The Balaban J connectivity index is 1.54. The zero-order chi connectivity index (χ0) is 20.6. The molecule has 0 bridgehead atoms. The first kappa shape index (κ1) is 19.5. The second-order valence-corrected chi connectivity index (χ2v) is 7.52. The lowest BCUT2D eigenvalue weighted by Gasteiger charge is -2.09. The first-order chi connectivity index (χ1) is 13.8. The van der Waals surface area contributed by atoms with Gasteiger partial charge in [-0.25, -0.2) is 0 Å². The van der Waals surface area contributed by atoms with E-state index in [4.69, 9.17) is 17.0 Å². The predicted molar refractivity (Wildman–Crippen MR) is 103 cm³/mol. The molecule has 0 aliphatic rings. The van der Waals surface area contributed by atoms with Crippen molar-refractivity contribution in [3.8, 4) is 17.0 Å². The third-order valence-electron chi connectivity index (χ3n) is 4.15. The molecule has 0 fully saturated rings. The van der Waals surface area contributed by atoms with Crippen LogP contribution in [0.25, 0.3) is 21.5 Å². The number of thiazole rings is 1. The van der Waals surface area contributed by atoms with E-state index < -0.39 is 6.36 Å². The molecule has 1 N–H and O–H groups in total. The highest BCUT2D eigenvalue weighted by atomic mass is 35.5. The Morgan fingerprint density at radius 3 is 2.69 bits per heavy atom. The smallest absolute Gasteiger partial charge is 0.406 e. The monoisotopic (exact) mass is 439 g/mol. The fraction of sp³-hybridized carbons (Fsp3) is 0.167. The molecule has 2 aromatic carbocycles. The molecular formula is C18H13ClF3N5OS. The molecule has 4 aromatic rings. The van der Waals surface area contributed by atoms with Gasteiger partial charge in [-0.05, 0) is 24.3 Å². The Hall–Kier alpha value is -2.85. The zero-order valence-corrected chi connectivity index (χ0v) is 16.2. The van der Waals surface area contributed by atoms with Crippen LogP contribution in [-0.2, 0) is 13.1 Å². The summed E-state index contributed by atoms with van der Waals surface area (Å²) < 4.78 is 45.0. The van der Waals surface area contributed by atoms with Crippen LogP contribution in [0, 0.1) is 5.41 Å². The number of rotatable bonds is 5. The minimum absolute atomic E-state index is 0.218. The molecule has 0 atom stereocenters. The third kappa shape index (κ3) is 4.28. The molecule has 2 heterocycles. The van der Waals surface area contributed by atoms with Crippen molar-refractivity contribution in [1.82, 2.24) is 19.6 Å². The Bertz CT molecular complexity index is 1230. The number of aryl methyl sites for hydroxylation is 2. The van der Waals surface area contributed by atoms with Crippen LogP contribution in [0.15, 0.2) is 48.7 Å². The highest BCUT2D eigenvalue weighted by molar-refractivity contribution is 7.16. The van der Waals surface area contributed by atoms with Crippen molar-refractivity contribution in [1.29, 1.82) is 5.41 Å². The largest absolute Gasteiger partial charge is 0.573 e. The molecule has 0 unspecified atom stereocenters. The number of alkyl halides is 3. The van der Waals surface area contributed by atoms with Crippen molar-refractivity contribution in [2.24, 2.45) is 0 Å². The molecule has 150 valence electrons. The SMILES string of the molecule is N=c1sc2cc(OC(F)(F)F)ccc2n1CCn1cc(-c2ccccc2Cl)nn1. The molecule has 0 aliphatic heterocycles. The zero-order valence-electron chi connectivity index (χ0n) is 14.7. The Morgan fingerprint density at radius 2 is 1.93 bits per heavy atom. The van der Waals surface area contributed by atoms with Crippen LogP contribution in [-0.4, -0.2) is 25.9 Å². The van der Waals surface area contributed by atoms with E-state index in [-0.39, 0.29) is 10.6 Å². The van der Waals surface area contributed by atoms with Crippen molar-refractivity contribution in [3.05, 3.63) is 58.5 Å². The van der Waals surface area contributed by atoms with Gasteiger partial charge in [-0.15, -0.1) is 18.3 Å². The van der Waals surface area contributed by atoms with Crippen LogP contribution in [0.2, 0.25) is 5.02 Å². The molecule has 2 aromatic heterocycles. The molecule has 4 rings (SSSR count). The number of nitrogens with one attached hydrogen (secondary N) is 1. The molecule has 6 nitrogen and oxygen atoms in total. The number of nitrogens with zero attached hydrogens (tertiary/aromatic N) is 4. The summed E-state index contributed by atoms with van der Waals surface area (Å²) >= 11 is 7.26. The molecule has 29 heavy (non-hydrogen) atoms. The Kier molecular flexibility index (Phi) is 5.05. The number of benzene rings is 2. The van der Waals surface area contributed by atoms with E-state index in [1.165, 1.54) is 18.2 Å². The number of aromatic nitrogens is 4. The summed E-state index contributed by atoms with van der Waals surface area (Å²) in [5.41, 5.74) is 2.06. The van der Waals surface area contributed by atoms with E-state index in [2.05, 4.69) is 15.0 Å². The lowest BCUT2D eigenvalue weighted by Crippen LogP contribution is -2.17. The van der Waals surface area contributed by atoms with Gasteiger partial charge in [0.1, 0.15) is 11.4 Å². The van der Waals surface area contributed by atoms with Gasteiger partial charge in [0, 0.05) is 12.1 Å². The second kappa shape index (κ2) is 7.53. The standard InChI is InChI=1S/C18H13ClF3N5OS/c19-13-4-2-1-3-12(13)14-10-26(25-24-14)7-8-27-15-6-5-11(28-18(20,21)22)9-16(15)29-17(27)23/h1-6,9-10,23H,7-8H2. The van der Waals surface area contributed by atoms with Crippen molar-refractivity contribution in [2.45, 2.75) is 19.5 Å². The first-order valence-electron chi connectivity index (χ1n) is 8.39. The van der Waals surface area contributed by atoms with Gasteiger partial charge >= 0.3 is 6.36 Å². The highest BCUT2D eigenvalue weighted by Gasteiger charge is 2.31. The molecule has 0 saturated carbocycles. The Morgan fingerprint density at radius 1 is 1.14 bits per heavy atom. The van der Waals surface area contributed by atoms with Gasteiger partial charge in [-0.2, -0.15) is 0 Å². The van der Waals surface area contributed by atoms with Crippen molar-refractivity contribution in [3.63, 3.8) is 0 Å². The van der Waals surface area contributed by atoms with Gasteiger partial charge in [0.2, 0.25) is 0 Å². The first-order valence-corrected chi connectivity index (χ1v) is 9.58. The van der Waals surface area contributed by atoms with Crippen LogP contribution in [0.3, 0.4) is 0 Å². The summed E-state index contributed by atoms with van der Waals surface area (Å²) in [5, 5.41) is 16.9. The third-order valence-corrected chi connectivity index (χ3v) is 5.44. The number of hydrogen-bond acceptors (Lipinski definition) is 5. The van der Waals surface area contributed by atoms with E-state index in [0.717, 1.165) is 16.9 Å². The molecule has 11 heteroatoms. The summed E-state index contributed by atoms with van der Waals surface area (Å²) in [7, 11) is 0.